The maximum atomic E-state index is 12.0. The second kappa shape index (κ2) is 5.05. The van der Waals surface area contributed by atoms with Gasteiger partial charge in [-0.1, -0.05) is 42.5 Å². The van der Waals surface area contributed by atoms with Gasteiger partial charge in [0.1, 0.15) is 0 Å². The van der Waals surface area contributed by atoms with Crippen LogP contribution in [-0.4, -0.2) is 12.6 Å². The van der Waals surface area contributed by atoms with Gasteiger partial charge in [0.25, 0.3) is 0 Å². The highest BCUT2D eigenvalue weighted by molar-refractivity contribution is 6.08. The Hall–Kier alpha value is -2.09. The summed E-state index contributed by atoms with van der Waals surface area (Å²) in [5, 5.41) is 1.95. The van der Waals surface area contributed by atoms with Gasteiger partial charge in [-0.25, -0.2) is 4.79 Å². The van der Waals surface area contributed by atoms with Crippen molar-refractivity contribution >= 4 is 22.3 Å². The zero-order valence-corrected chi connectivity index (χ0v) is 10.7. The number of carbonyl (C=O) groups is 1. The molecule has 2 aromatic rings. The van der Waals surface area contributed by atoms with Gasteiger partial charge in [0.2, 0.25) is 0 Å². The van der Waals surface area contributed by atoms with Gasteiger partial charge < -0.3 is 4.74 Å². The van der Waals surface area contributed by atoms with Crippen LogP contribution in [0.1, 0.15) is 29.8 Å². The van der Waals surface area contributed by atoms with Crippen molar-refractivity contribution in [1.82, 2.24) is 0 Å². The van der Waals surface area contributed by atoms with Crippen molar-refractivity contribution in [2.24, 2.45) is 0 Å². The van der Waals surface area contributed by atoms with Gasteiger partial charge in [-0.2, -0.15) is 0 Å². The molecular formula is C16H16O2. The Morgan fingerprint density at radius 1 is 1.17 bits per heavy atom. The molecule has 0 saturated heterocycles. The molecule has 92 valence electrons. The normalized spacial score (nSPS) is 10.3. The van der Waals surface area contributed by atoms with E-state index in [0.29, 0.717) is 12.2 Å². The molecule has 0 atom stereocenters. The standard InChI is InChI=1S/C16H16O2/c1-4-18-16(17)14-10-6-8-12-7-5-9-13(11(2)3)15(12)14/h5-10H,2,4H2,1,3H3. The van der Waals surface area contributed by atoms with E-state index >= 15 is 0 Å². The SMILES string of the molecule is C=C(C)c1cccc2cccc(C(=O)OCC)c12. The van der Waals surface area contributed by atoms with Crippen LogP contribution in [0, 0.1) is 0 Å². The lowest BCUT2D eigenvalue weighted by Crippen LogP contribution is -2.06. The lowest BCUT2D eigenvalue weighted by molar-refractivity contribution is 0.0528. The van der Waals surface area contributed by atoms with E-state index < -0.39 is 0 Å². The van der Waals surface area contributed by atoms with Crippen molar-refractivity contribution in [2.45, 2.75) is 13.8 Å². The van der Waals surface area contributed by atoms with E-state index in [4.69, 9.17) is 4.74 Å². The molecule has 0 aliphatic carbocycles. The number of hydrogen-bond donors (Lipinski definition) is 0. The maximum Gasteiger partial charge on any atom is 0.338 e. The van der Waals surface area contributed by atoms with Crippen LogP contribution in [0.5, 0.6) is 0 Å². The van der Waals surface area contributed by atoms with Crippen molar-refractivity contribution in [1.29, 1.82) is 0 Å². The molecule has 0 amide bonds. The van der Waals surface area contributed by atoms with Crippen LogP contribution in [-0.2, 0) is 4.74 Å². The Balaban J connectivity index is 2.73. The van der Waals surface area contributed by atoms with E-state index in [0.717, 1.165) is 21.9 Å². The largest absolute Gasteiger partial charge is 0.462 e. The van der Waals surface area contributed by atoms with E-state index in [1.54, 1.807) is 6.07 Å². The molecule has 0 spiro atoms. The van der Waals surface area contributed by atoms with E-state index in [1.807, 2.05) is 44.2 Å². The van der Waals surface area contributed by atoms with Gasteiger partial charge >= 0.3 is 5.97 Å². The minimum Gasteiger partial charge on any atom is -0.462 e. The molecule has 2 aromatic carbocycles. The topological polar surface area (TPSA) is 26.3 Å². The molecular weight excluding hydrogens is 224 g/mol. The molecule has 18 heavy (non-hydrogen) atoms. The monoisotopic (exact) mass is 240 g/mol. The van der Waals surface area contributed by atoms with Crippen molar-refractivity contribution in [3.8, 4) is 0 Å². The van der Waals surface area contributed by atoms with E-state index in [9.17, 15) is 4.79 Å². The summed E-state index contributed by atoms with van der Waals surface area (Å²) in [6.07, 6.45) is 0. The van der Waals surface area contributed by atoms with Gasteiger partial charge in [0, 0.05) is 5.39 Å². The van der Waals surface area contributed by atoms with Gasteiger partial charge in [-0.05, 0) is 30.9 Å². The molecule has 0 aliphatic heterocycles. The molecule has 0 unspecified atom stereocenters. The van der Waals surface area contributed by atoms with Crippen LogP contribution in [0.15, 0.2) is 43.0 Å². The Morgan fingerprint density at radius 2 is 1.78 bits per heavy atom. The molecule has 0 aliphatic rings. The molecule has 0 heterocycles. The van der Waals surface area contributed by atoms with Crippen LogP contribution in [0.3, 0.4) is 0 Å². The first-order valence-corrected chi connectivity index (χ1v) is 6.00. The van der Waals surface area contributed by atoms with Crippen LogP contribution >= 0.6 is 0 Å². The van der Waals surface area contributed by atoms with Crippen LogP contribution in [0.25, 0.3) is 16.3 Å². The predicted octanol–water partition coefficient (Wildman–Crippen LogP) is 4.05. The zero-order chi connectivity index (χ0) is 13.1. The molecule has 0 N–H and O–H groups in total. The third-order valence-corrected chi connectivity index (χ3v) is 2.86. The Bertz CT molecular complexity index is 606. The predicted molar refractivity (Wildman–Crippen MR) is 74.6 cm³/mol. The molecule has 0 fully saturated rings. The number of allylic oxidation sites excluding steroid dienone is 1. The summed E-state index contributed by atoms with van der Waals surface area (Å²) >= 11 is 0. The fraction of sp³-hybridized carbons (Fsp3) is 0.188. The molecule has 0 bridgehead atoms. The quantitative estimate of drug-likeness (QED) is 0.756. The number of benzene rings is 2. The summed E-state index contributed by atoms with van der Waals surface area (Å²) in [5.41, 5.74) is 2.54. The number of esters is 1. The van der Waals surface area contributed by atoms with Crippen LogP contribution < -0.4 is 0 Å². The van der Waals surface area contributed by atoms with Crippen molar-refractivity contribution < 1.29 is 9.53 Å². The minimum atomic E-state index is -0.281. The highest BCUT2D eigenvalue weighted by Crippen LogP contribution is 2.27. The lowest BCUT2D eigenvalue weighted by atomic mass is 9.96. The molecule has 0 radical (unpaired) electrons. The van der Waals surface area contributed by atoms with Gasteiger partial charge in [-0.15, -0.1) is 0 Å². The fourth-order valence-corrected chi connectivity index (χ4v) is 2.08. The number of ether oxygens (including phenoxy) is 1. The minimum absolute atomic E-state index is 0.281. The second-order valence-electron chi connectivity index (χ2n) is 4.21. The van der Waals surface area contributed by atoms with Gasteiger partial charge in [-0.3, -0.25) is 0 Å². The smallest absolute Gasteiger partial charge is 0.338 e. The molecule has 2 heteroatoms. The van der Waals surface area contributed by atoms with Crippen molar-refractivity contribution in [3.63, 3.8) is 0 Å². The number of fused-ring (bicyclic) bond motifs is 1. The Morgan fingerprint density at radius 3 is 2.33 bits per heavy atom. The van der Waals surface area contributed by atoms with Gasteiger partial charge in [0.15, 0.2) is 0 Å². The first-order chi connectivity index (χ1) is 8.65. The first-order valence-electron chi connectivity index (χ1n) is 6.00. The first kappa shape index (κ1) is 12.4. The second-order valence-corrected chi connectivity index (χ2v) is 4.21. The summed E-state index contributed by atoms with van der Waals surface area (Å²) in [6, 6.07) is 11.6. The van der Waals surface area contributed by atoms with Crippen LogP contribution in [0.2, 0.25) is 0 Å². The highest BCUT2D eigenvalue weighted by atomic mass is 16.5. The van der Waals surface area contributed by atoms with Crippen molar-refractivity contribution in [3.05, 3.63) is 54.1 Å². The molecule has 2 nitrogen and oxygen atoms in total. The average Bonchev–Trinajstić information content (AvgIpc) is 2.37. The average molecular weight is 240 g/mol. The highest BCUT2D eigenvalue weighted by Gasteiger charge is 2.13. The number of hydrogen-bond acceptors (Lipinski definition) is 2. The number of carbonyl (C=O) groups excluding carboxylic acids is 1. The summed E-state index contributed by atoms with van der Waals surface area (Å²) in [5.74, 6) is -0.281. The summed E-state index contributed by atoms with van der Waals surface area (Å²) in [7, 11) is 0. The van der Waals surface area contributed by atoms with Crippen LogP contribution in [0.4, 0.5) is 0 Å². The zero-order valence-electron chi connectivity index (χ0n) is 10.7. The van der Waals surface area contributed by atoms with E-state index in [-0.39, 0.29) is 5.97 Å². The molecule has 0 aromatic heterocycles. The third kappa shape index (κ3) is 2.14. The Labute approximate surface area is 107 Å². The summed E-state index contributed by atoms with van der Waals surface area (Å²) < 4.78 is 5.10. The van der Waals surface area contributed by atoms with Gasteiger partial charge in [0.05, 0.1) is 12.2 Å². The van der Waals surface area contributed by atoms with E-state index in [1.165, 1.54) is 0 Å². The lowest BCUT2D eigenvalue weighted by Gasteiger charge is -2.10. The third-order valence-electron chi connectivity index (χ3n) is 2.86. The van der Waals surface area contributed by atoms with E-state index in [2.05, 4.69) is 6.58 Å². The molecule has 2 rings (SSSR count). The van der Waals surface area contributed by atoms with Crippen molar-refractivity contribution in [2.75, 3.05) is 6.61 Å². The number of rotatable bonds is 3. The summed E-state index contributed by atoms with van der Waals surface area (Å²) in [6.45, 7) is 8.10. The Kier molecular flexibility index (Phi) is 3.47. The molecule has 0 saturated carbocycles. The fourth-order valence-electron chi connectivity index (χ4n) is 2.08. The maximum absolute atomic E-state index is 12.0. The summed E-state index contributed by atoms with van der Waals surface area (Å²) in [4.78, 5) is 12.0.